The predicted molar refractivity (Wildman–Crippen MR) is 81.1 cm³/mol. The summed E-state index contributed by atoms with van der Waals surface area (Å²) in [6.07, 6.45) is 0. The van der Waals surface area contributed by atoms with Crippen molar-refractivity contribution in [2.45, 2.75) is 13.0 Å². The molecule has 4 heteroatoms. The molecule has 2 aromatic carbocycles. The molecular weight excluding hydrogens is 250 g/mol. The van der Waals surface area contributed by atoms with Crippen LogP contribution >= 0.6 is 0 Å². The van der Waals surface area contributed by atoms with E-state index in [9.17, 15) is 4.79 Å². The van der Waals surface area contributed by atoms with Crippen molar-refractivity contribution in [3.05, 3.63) is 54.1 Å². The number of nitrogens with one attached hydrogen (secondary N) is 1. The molecule has 1 amide bonds. The molecule has 0 fully saturated rings. The zero-order chi connectivity index (χ0) is 14.1. The normalized spacial score (nSPS) is 15.5. The number of carbonyl (C=O) groups is 1. The molecule has 0 radical (unpaired) electrons. The van der Waals surface area contributed by atoms with Crippen molar-refractivity contribution in [1.29, 1.82) is 0 Å². The topological polar surface area (TPSA) is 58.4 Å². The Kier molecular flexibility index (Phi) is 3.16. The maximum Gasteiger partial charge on any atom is 0.244 e. The van der Waals surface area contributed by atoms with E-state index in [1.807, 2.05) is 60.4 Å². The van der Waals surface area contributed by atoms with Crippen LogP contribution in [0.2, 0.25) is 0 Å². The van der Waals surface area contributed by atoms with E-state index in [1.54, 1.807) is 0 Å². The standard InChI is InChI=1S/C16H17N3O/c1-11(17)12-6-8-13(9-7-12)19-10-16(20)18-14-4-2-3-5-15(14)19/h2-9,11H,10,17H2,1H3,(H,18,20)/t11-/m1/s1. The van der Waals surface area contributed by atoms with E-state index in [-0.39, 0.29) is 11.9 Å². The first-order chi connectivity index (χ1) is 9.65. The number of hydrogen-bond acceptors (Lipinski definition) is 3. The molecule has 0 saturated carbocycles. The Labute approximate surface area is 118 Å². The van der Waals surface area contributed by atoms with Crippen molar-refractivity contribution in [1.82, 2.24) is 0 Å². The summed E-state index contributed by atoms with van der Waals surface area (Å²) in [7, 11) is 0. The molecule has 0 unspecified atom stereocenters. The Bertz CT molecular complexity index is 634. The maximum atomic E-state index is 11.8. The van der Waals surface area contributed by atoms with E-state index < -0.39 is 0 Å². The van der Waals surface area contributed by atoms with Gasteiger partial charge in [0, 0.05) is 11.7 Å². The third kappa shape index (κ3) is 2.26. The Morgan fingerprint density at radius 3 is 2.55 bits per heavy atom. The minimum Gasteiger partial charge on any atom is -0.330 e. The smallest absolute Gasteiger partial charge is 0.244 e. The van der Waals surface area contributed by atoms with Crippen LogP contribution in [-0.4, -0.2) is 12.5 Å². The van der Waals surface area contributed by atoms with Crippen LogP contribution in [0, 0.1) is 0 Å². The maximum absolute atomic E-state index is 11.8. The highest BCUT2D eigenvalue weighted by atomic mass is 16.2. The zero-order valence-corrected chi connectivity index (χ0v) is 11.3. The van der Waals surface area contributed by atoms with Crippen molar-refractivity contribution in [2.24, 2.45) is 5.73 Å². The third-order valence-corrected chi connectivity index (χ3v) is 3.50. The first-order valence-corrected chi connectivity index (χ1v) is 6.67. The second-order valence-electron chi connectivity index (χ2n) is 5.03. The van der Waals surface area contributed by atoms with Crippen LogP contribution in [0.5, 0.6) is 0 Å². The molecule has 1 aliphatic heterocycles. The number of para-hydroxylation sites is 2. The number of benzene rings is 2. The number of anilines is 3. The summed E-state index contributed by atoms with van der Waals surface area (Å²) >= 11 is 0. The fourth-order valence-electron chi connectivity index (χ4n) is 2.42. The van der Waals surface area contributed by atoms with Gasteiger partial charge >= 0.3 is 0 Å². The summed E-state index contributed by atoms with van der Waals surface area (Å²) < 4.78 is 0. The van der Waals surface area contributed by atoms with E-state index in [0.717, 1.165) is 22.6 Å². The van der Waals surface area contributed by atoms with E-state index in [0.29, 0.717) is 6.54 Å². The number of fused-ring (bicyclic) bond motifs is 1. The summed E-state index contributed by atoms with van der Waals surface area (Å²) in [5, 5.41) is 2.89. The van der Waals surface area contributed by atoms with Crippen molar-refractivity contribution in [3.8, 4) is 0 Å². The lowest BCUT2D eigenvalue weighted by Crippen LogP contribution is -2.34. The number of nitrogens with two attached hydrogens (primary N) is 1. The molecule has 20 heavy (non-hydrogen) atoms. The molecule has 0 spiro atoms. The summed E-state index contributed by atoms with van der Waals surface area (Å²) in [5.74, 6) is -0.0000283. The molecular formula is C16H17N3O. The fraction of sp³-hybridized carbons (Fsp3) is 0.188. The third-order valence-electron chi connectivity index (χ3n) is 3.50. The lowest BCUT2D eigenvalue weighted by Gasteiger charge is -2.31. The second-order valence-corrected chi connectivity index (χ2v) is 5.03. The van der Waals surface area contributed by atoms with Gasteiger partial charge in [-0.1, -0.05) is 24.3 Å². The first kappa shape index (κ1) is 12.7. The Morgan fingerprint density at radius 1 is 1.15 bits per heavy atom. The highest BCUT2D eigenvalue weighted by molar-refractivity contribution is 6.03. The number of hydrogen-bond donors (Lipinski definition) is 2. The van der Waals surface area contributed by atoms with Gasteiger partial charge < -0.3 is 16.0 Å². The van der Waals surface area contributed by atoms with Gasteiger partial charge in [-0.2, -0.15) is 0 Å². The molecule has 3 N–H and O–H groups in total. The summed E-state index contributed by atoms with van der Waals surface area (Å²) in [6.45, 7) is 2.28. The lowest BCUT2D eigenvalue weighted by molar-refractivity contribution is -0.115. The van der Waals surface area contributed by atoms with Crippen LogP contribution in [0.4, 0.5) is 17.1 Å². The van der Waals surface area contributed by atoms with Crippen molar-refractivity contribution >= 4 is 23.0 Å². The van der Waals surface area contributed by atoms with Gasteiger partial charge in [-0.05, 0) is 36.8 Å². The van der Waals surface area contributed by atoms with Gasteiger partial charge in [0.05, 0.1) is 11.4 Å². The largest absolute Gasteiger partial charge is 0.330 e. The fourth-order valence-corrected chi connectivity index (χ4v) is 2.42. The number of carbonyl (C=O) groups excluding carboxylic acids is 1. The van der Waals surface area contributed by atoms with Crippen LogP contribution in [0.1, 0.15) is 18.5 Å². The molecule has 1 atom stereocenters. The Hall–Kier alpha value is -2.33. The predicted octanol–water partition coefficient (Wildman–Crippen LogP) is 2.80. The molecule has 2 aromatic rings. The second kappa shape index (κ2) is 4.98. The van der Waals surface area contributed by atoms with Gasteiger partial charge in [-0.3, -0.25) is 4.79 Å². The van der Waals surface area contributed by atoms with Crippen LogP contribution in [0.3, 0.4) is 0 Å². The van der Waals surface area contributed by atoms with Gasteiger partial charge in [-0.25, -0.2) is 0 Å². The minimum absolute atomic E-state index is 0.0000283. The van der Waals surface area contributed by atoms with Crippen LogP contribution in [0.25, 0.3) is 0 Å². The van der Waals surface area contributed by atoms with E-state index in [2.05, 4.69) is 5.32 Å². The quantitative estimate of drug-likeness (QED) is 0.879. The highest BCUT2D eigenvalue weighted by Gasteiger charge is 2.22. The molecule has 3 rings (SSSR count). The van der Waals surface area contributed by atoms with Gasteiger partial charge in [0.25, 0.3) is 0 Å². The summed E-state index contributed by atoms with van der Waals surface area (Å²) in [4.78, 5) is 13.8. The van der Waals surface area contributed by atoms with Crippen molar-refractivity contribution in [2.75, 3.05) is 16.8 Å². The van der Waals surface area contributed by atoms with Crippen molar-refractivity contribution < 1.29 is 4.79 Å². The van der Waals surface area contributed by atoms with Crippen molar-refractivity contribution in [3.63, 3.8) is 0 Å². The lowest BCUT2D eigenvalue weighted by atomic mass is 10.1. The average Bonchev–Trinajstić information content (AvgIpc) is 2.46. The molecule has 102 valence electrons. The SMILES string of the molecule is C[C@@H](N)c1ccc(N2CC(=O)Nc3ccccc32)cc1. The Morgan fingerprint density at radius 2 is 1.85 bits per heavy atom. The van der Waals surface area contributed by atoms with Gasteiger partial charge in [0.15, 0.2) is 0 Å². The van der Waals surface area contributed by atoms with Crippen LogP contribution < -0.4 is 16.0 Å². The van der Waals surface area contributed by atoms with E-state index in [4.69, 9.17) is 5.73 Å². The molecule has 0 bridgehead atoms. The minimum atomic E-state index is -0.0000283. The van der Waals surface area contributed by atoms with Crippen LogP contribution in [0.15, 0.2) is 48.5 Å². The molecule has 1 heterocycles. The van der Waals surface area contributed by atoms with Gasteiger partial charge in [0.1, 0.15) is 6.54 Å². The van der Waals surface area contributed by atoms with Gasteiger partial charge in [0.2, 0.25) is 5.91 Å². The highest BCUT2D eigenvalue weighted by Crippen LogP contribution is 2.34. The molecule has 0 saturated heterocycles. The van der Waals surface area contributed by atoms with Gasteiger partial charge in [-0.15, -0.1) is 0 Å². The average molecular weight is 267 g/mol. The molecule has 4 nitrogen and oxygen atoms in total. The number of rotatable bonds is 2. The Balaban J connectivity index is 1.99. The molecule has 1 aliphatic rings. The number of nitrogens with zero attached hydrogens (tertiary/aromatic N) is 1. The van der Waals surface area contributed by atoms with Crippen LogP contribution in [-0.2, 0) is 4.79 Å². The monoisotopic (exact) mass is 267 g/mol. The van der Waals surface area contributed by atoms with E-state index >= 15 is 0 Å². The summed E-state index contributed by atoms with van der Waals surface area (Å²) in [5.41, 5.74) is 9.81. The zero-order valence-electron chi connectivity index (χ0n) is 11.3. The summed E-state index contributed by atoms with van der Waals surface area (Å²) in [6, 6.07) is 15.9. The number of amides is 1. The molecule has 0 aliphatic carbocycles. The first-order valence-electron chi connectivity index (χ1n) is 6.67. The van der Waals surface area contributed by atoms with E-state index in [1.165, 1.54) is 0 Å². The molecule has 0 aromatic heterocycles.